The summed E-state index contributed by atoms with van der Waals surface area (Å²) >= 11 is 0. The summed E-state index contributed by atoms with van der Waals surface area (Å²) in [7, 11) is 1.53. The van der Waals surface area contributed by atoms with E-state index in [9.17, 15) is 28.3 Å². The lowest BCUT2D eigenvalue weighted by atomic mass is 9.99. The number of hydrogen-bond donors (Lipinski definition) is 6. The van der Waals surface area contributed by atoms with Crippen LogP contribution in [0.25, 0.3) is 11.1 Å². The van der Waals surface area contributed by atoms with E-state index in [2.05, 4.69) is 26.6 Å². The van der Waals surface area contributed by atoms with Gasteiger partial charge < -0.3 is 36.4 Å². The third-order valence-electron chi connectivity index (χ3n) is 6.86. The quantitative estimate of drug-likeness (QED) is 0.152. The molecule has 0 bridgehead atoms. The molecule has 0 saturated carbocycles. The van der Waals surface area contributed by atoms with Gasteiger partial charge in [-0.05, 0) is 50.1 Å². The molecule has 3 aromatic carbocycles. The molecule has 0 fully saturated rings. The SMILES string of the molecule is CNC(=O)Nc1ccccc1-c1ccc(CNC(=O)[C@@H](COCc2c(F)cccc2F)NC(=O)CC(C)(C)NC[C@@H](C)O)cc1. The minimum atomic E-state index is -1.15. The maximum Gasteiger partial charge on any atom is 0.318 e. The van der Waals surface area contributed by atoms with Crippen molar-refractivity contribution in [2.75, 3.05) is 25.5 Å². The smallest absolute Gasteiger partial charge is 0.318 e. The van der Waals surface area contributed by atoms with E-state index in [1.54, 1.807) is 26.8 Å². The van der Waals surface area contributed by atoms with Crippen LogP contribution in [0.4, 0.5) is 19.3 Å². The highest BCUT2D eigenvalue weighted by Crippen LogP contribution is 2.28. The van der Waals surface area contributed by atoms with Crippen LogP contribution in [0, 0.1) is 11.6 Å². The number of halogens is 2. The van der Waals surface area contributed by atoms with E-state index in [4.69, 9.17) is 4.74 Å². The molecule has 6 N–H and O–H groups in total. The Morgan fingerprint density at radius 3 is 2.27 bits per heavy atom. The topological polar surface area (TPSA) is 141 Å². The van der Waals surface area contributed by atoms with E-state index >= 15 is 0 Å². The molecule has 0 spiro atoms. The Hall–Kier alpha value is -4.39. The summed E-state index contributed by atoms with van der Waals surface area (Å²) in [4.78, 5) is 38.0. The number of anilines is 1. The average molecular weight is 626 g/mol. The number of hydrogen-bond acceptors (Lipinski definition) is 6. The van der Waals surface area contributed by atoms with Gasteiger partial charge in [-0.3, -0.25) is 9.59 Å². The second kappa shape index (κ2) is 16.6. The highest BCUT2D eigenvalue weighted by Gasteiger charge is 2.26. The van der Waals surface area contributed by atoms with Crippen molar-refractivity contribution >= 4 is 23.5 Å². The van der Waals surface area contributed by atoms with Crippen LogP contribution in [0.5, 0.6) is 0 Å². The first-order valence-corrected chi connectivity index (χ1v) is 14.6. The Labute approximate surface area is 261 Å². The Morgan fingerprint density at radius 1 is 0.956 bits per heavy atom. The summed E-state index contributed by atoms with van der Waals surface area (Å²) in [5.74, 6) is -2.55. The number of urea groups is 1. The third-order valence-corrected chi connectivity index (χ3v) is 6.86. The van der Waals surface area contributed by atoms with E-state index < -0.39 is 47.7 Å². The first-order valence-electron chi connectivity index (χ1n) is 14.6. The lowest BCUT2D eigenvalue weighted by Crippen LogP contribution is -2.52. The number of aliphatic hydroxyl groups excluding tert-OH is 1. The number of ether oxygens (including phenoxy) is 1. The normalized spacial score (nSPS) is 12.6. The minimum Gasteiger partial charge on any atom is -0.392 e. The van der Waals surface area contributed by atoms with Crippen molar-refractivity contribution in [1.29, 1.82) is 0 Å². The number of benzene rings is 3. The molecule has 242 valence electrons. The maximum atomic E-state index is 14.1. The van der Waals surface area contributed by atoms with E-state index in [1.807, 2.05) is 42.5 Å². The number of para-hydroxylation sites is 1. The number of aliphatic hydroxyl groups is 1. The predicted octanol–water partition coefficient (Wildman–Crippen LogP) is 3.84. The fraction of sp³-hybridized carbons (Fsp3) is 0.364. The van der Waals surface area contributed by atoms with Gasteiger partial charge in [0.15, 0.2) is 0 Å². The van der Waals surface area contributed by atoms with Crippen LogP contribution in [-0.2, 0) is 27.5 Å². The molecule has 0 saturated heterocycles. The Bertz CT molecular complexity index is 1430. The van der Waals surface area contributed by atoms with Crippen molar-refractivity contribution in [2.24, 2.45) is 0 Å². The lowest BCUT2D eigenvalue weighted by Gasteiger charge is -2.28. The van der Waals surface area contributed by atoms with E-state index in [0.29, 0.717) is 5.69 Å². The number of nitrogens with one attached hydrogen (secondary N) is 5. The zero-order valence-electron chi connectivity index (χ0n) is 25.9. The van der Waals surface area contributed by atoms with Gasteiger partial charge in [-0.2, -0.15) is 0 Å². The van der Waals surface area contributed by atoms with Crippen molar-refractivity contribution in [3.8, 4) is 11.1 Å². The molecule has 0 aliphatic carbocycles. The molecule has 45 heavy (non-hydrogen) atoms. The van der Waals surface area contributed by atoms with Crippen LogP contribution in [0.1, 0.15) is 38.3 Å². The number of β-amino-alcohol motifs (C(OH)–C–C–N with tert-alkyl or cyclic N) is 1. The average Bonchev–Trinajstić information content (AvgIpc) is 3.00. The van der Waals surface area contributed by atoms with E-state index in [0.717, 1.165) is 28.8 Å². The summed E-state index contributed by atoms with van der Waals surface area (Å²) in [6.07, 6.45) is -0.621. The van der Waals surface area contributed by atoms with Crippen LogP contribution in [0.3, 0.4) is 0 Å². The lowest BCUT2D eigenvalue weighted by molar-refractivity contribution is -0.131. The zero-order chi connectivity index (χ0) is 33.0. The summed E-state index contributed by atoms with van der Waals surface area (Å²) in [6.45, 7) is 4.84. The number of rotatable bonds is 15. The molecular weight excluding hydrogens is 584 g/mol. The number of carbonyl (C=O) groups is 3. The summed E-state index contributed by atoms with van der Waals surface area (Å²) in [5.41, 5.74) is 2.10. The first-order chi connectivity index (χ1) is 21.4. The first kappa shape index (κ1) is 35.1. The van der Waals surface area contributed by atoms with Crippen LogP contribution >= 0.6 is 0 Å². The van der Waals surface area contributed by atoms with Crippen molar-refractivity contribution in [3.63, 3.8) is 0 Å². The summed E-state index contributed by atoms with van der Waals surface area (Å²) in [5, 5.41) is 23.4. The van der Waals surface area contributed by atoms with Crippen LogP contribution in [0.15, 0.2) is 66.7 Å². The highest BCUT2D eigenvalue weighted by atomic mass is 19.1. The van der Waals surface area contributed by atoms with E-state index in [-0.39, 0.29) is 37.7 Å². The predicted molar refractivity (Wildman–Crippen MR) is 168 cm³/mol. The van der Waals surface area contributed by atoms with Gasteiger partial charge in [0.1, 0.15) is 17.7 Å². The molecule has 0 aliphatic rings. The molecule has 4 amide bonds. The highest BCUT2D eigenvalue weighted by molar-refractivity contribution is 5.94. The van der Waals surface area contributed by atoms with Crippen molar-refractivity contribution < 1.29 is 33.0 Å². The van der Waals surface area contributed by atoms with Gasteiger partial charge >= 0.3 is 6.03 Å². The second-order valence-electron chi connectivity index (χ2n) is 11.3. The molecule has 2 atom stereocenters. The fourth-order valence-electron chi connectivity index (χ4n) is 4.41. The molecule has 0 aliphatic heterocycles. The van der Waals surface area contributed by atoms with Crippen LogP contribution in [0.2, 0.25) is 0 Å². The molecule has 10 nitrogen and oxygen atoms in total. The van der Waals surface area contributed by atoms with Gasteiger partial charge in [0, 0.05) is 43.2 Å². The van der Waals surface area contributed by atoms with Crippen molar-refractivity contribution in [2.45, 2.75) is 58.0 Å². The molecule has 12 heteroatoms. The maximum absolute atomic E-state index is 14.1. The second-order valence-corrected chi connectivity index (χ2v) is 11.3. The van der Waals surface area contributed by atoms with Gasteiger partial charge in [-0.25, -0.2) is 13.6 Å². The van der Waals surface area contributed by atoms with Crippen LogP contribution in [-0.4, -0.2) is 60.8 Å². The Morgan fingerprint density at radius 2 is 1.62 bits per heavy atom. The fourth-order valence-corrected chi connectivity index (χ4v) is 4.41. The standard InChI is InChI=1S/C33H41F2N5O5/c1-21(41)17-38-33(2,3)16-30(42)39-29(20-45-19-25-26(34)9-7-10-27(25)35)31(43)37-18-22-12-14-23(15-13-22)24-8-5-6-11-28(24)40-32(44)36-4/h5-15,21,29,38,41H,16-20H2,1-4H3,(H,37,43)(H,39,42)(H2,36,40,44)/t21-,29-/m1/s1. The molecule has 0 aromatic heterocycles. The monoisotopic (exact) mass is 625 g/mol. The number of amides is 4. The van der Waals surface area contributed by atoms with Crippen molar-refractivity contribution in [1.82, 2.24) is 21.3 Å². The molecule has 0 unspecified atom stereocenters. The molecule has 0 radical (unpaired) electrons. The van der Waals surface area contributed by atoms with Gasteiger partial charge in [0.25, 0.3) is 0 Å². The molecule has 0 heterocycles. The minimum absolute atomic E-state index is 0.0108. The molecule has 3 aromatic rings. The van der Waals surface area contributed by atoms with Gasteiger partial charge in [-0.15, -0.1) is 0 Å². The van der Waals surface area contributed by atoms with Crippen molar-refractivity contribution in [3.05, 3.63) is 89.5 Å². The molecular formula is C33H41F2N5O5. The van der Waals surface area contributed by atoms with Gasteiger partial charge in [-0.1, -0.05) is 48.5 Å². The number of carbonyl (C=O) groups excluding carboxylic acids is 3. The van der Waals surface area contributed by atoms with Gasteiger partial charge in [0.2, 0.25) is 11.8 Å². The van der Waals surface area contributed by atoms with Crippen LogP contribution < -0.4 is 26.6 Å². The largest absolute Gasteiger partial charge is 0.392 e. The Balaban J connectivity index is 1.67. The van der Waals surface area contributed by atoms with Gasteiger partial charge in [0.05, 0.1) is 25.0 Å². The summed E-state index contributed by atoms with van der Waals surface area (Å²) in [6, 6.07) is 16.7. The Kier molecular flexibility index (Phi) is 13.0. The van der Waals surface area contributed by atoms with E-state index in [1.165, 1.54) is 13.1 Å². The summed E-state index contributed by atoms with van der Waals surface area (Å²) < 4.78 is 33.7. The third kappa shape index (κ3) is 11.2. The zero-order valence-corrected chi connectivity index (χ0v) is 25.9. The molecule has 3 rings (SSSR count).